The lowest BCUT2D eigenvalue weighted by Crippen LogP contribution is -2.18. The Kier molecular flexibility index (Phi) is 5.11. The lowest BCUT2D eigenvalue weighted by molar-refractivity contribution is 0.0600. The van der Waals surface area contributed by atoms with E-state index in [0.717, 1.165) is 5.75 Å². The summed E-state index contributed by atoms with van der Waals surface area (Å²) >= 11 is 1.76. The van der Waals surface area contributed by atoms with Gasteiger partial charge in [-0.2, -0.15) is 11.8 Å². The highest BCUT2D eigenvalue weighted by atomic mass is 32.2. The van der Waals surface area contributed by atoms with Gasteiger partial charge in [-0.05, 0) is 25.3 Å². The molecule has 0 radical (unpaired) electrons. The number of hydrogen-bond donors (Lipinski definition) is 1. The van der Waals surface area contributed by atoms with E-state index in [-0.39, 0.29) is 5.97 Å². The summed E-state index contributed by atoms with van der Waals surface area (Å²) in [7, 11) is 1.37. The zero-order valence-corrected chi connectivity index (χ0v) is 10.5. The van der Waals surface area contributed by atoms with Gasteiger partial charge in [-0.25, -0.2) is 9.78 Å². The van der Waals surface area contributed by atoms with Gasteiger partial charge in [0.15, 0.2) is 0 Å². The third-order valence-electron chi connectivity index (χ3n) is 1.99. The van der Waals surface area contributed by atoms with Crippen LogP contribution in [0.2, 0.25) is 0 Å². The van der Waals surface area contributed by atoms with Crippen LogP contribution in [0.15, 0.2) is 18.3 Å². The summed E-state index contributed by atoms with van der Waals surface area (Å²) in [5.74, 6) is 1.34. The standard InChI is InChI=1S/C11H16N2O2S/c1-8(7-16-3)13-10-6-9(4-5-12-10)11(14)15-2/h4-6,8H,7H2,1-3H3,(H,12,13). The molecule has 0 amide bonds. The maximum atomic E-state index is 11.3. The first kappa shape index (κ1) is 12.8. The van der Waals surface area contributed by atoms with Crippen molar-refractivity contribution in [2.75, 3.05) is 24.4 Å². The third kappa shape index (κ3) is 3.73. The number of aromatic nitrogens is 1. The first-order chi connectivity index (χ1) is 7.67. The molecule has 88 valence electrons. The number of thioether (sulfide) groups is 1. The van der Waals surface area contributed by atoms with Crippen molar-refractivity contribution in [2.24, 2.45) is 0 Å². The van der Waals surface area contributed by atoms with E-state index in [1.54, 1.807) is 30.1 Å². The Balaban J connectivity index is 2.70. The van der Waals surface area contributed by atoms with Crippen LogP contribution < -0.4 is 5.32 Å². The molecule has 1 heterocycles. The van der Waals surface area contributed by atoms with Gasteiger partial charge in [0, 0.05) is 18.0 Å². The van der Waals surface area contributed by atoms with Crippen molar-refractivity contribution in [1.82, 2.24) is 4.98 Å². The molecular formula is C11H16N2O2S. The summed E-state index contributed by atoms with van der Waals surface area (Å²) in [6, 6.07) is 3.65. The number of methoxy groups -OCH3 is 1. The van der Waals surface area contributed by atoms with Crippen molar-refractivity contribution in [3.8, 4) is 0 Å². The van der Waals surface area contributed by atoms with Gasteiger partial charge in [-0.15, -0.1) is 0 Å². The molecule has 0 aromatic carbocycles. The van der Waals surface area contributed by atoms with Crippen LogP contribution in [0.4, 0.5) is 5.82 Å². The van der Waals surface area contributed by atoms with E-state index in [4.69, 9.17) is 0 Å². The molecule has 0 bridgehead atoms. The highest BCUT2D eigenvalue weighted by molar-refractivity contribution is 7.98. The Hall–Kier alpha value is -1.23. The topological polar surface area (TPSA) is 51.2 Å². The number of hydrogen-bond acceptors (Lipinski definition) is 5. The zero-order valence-electron chi connectivity index (χ0n) is 9.69. The highest BCUT2D eigenvalue weighted by Crippen LogP contribution is 2.10. The fourth-order valence-corrected chi connectivity index (χ4v) is 1.88. The average molecular weight is 240 g/mol. The number of nitrogens with one attached hydrogen (secondary N) is 1. The third-order valence-corrected chi connectivity index (χ3v) is 2.83. The van der Waals surface area contributed by atoms with Crippen molar-refractivity contribution >= 4 is 23.5 Å². The second kappa shape index (κ2) is 6.37. The number of anilines is 1. The Morgan fingerprint density at radius 3 is 3.06 bits per heavy atom. The summed E-state index contributed by atoms with van der Waals surface area (Å²) in [4.78, 5) is 15.4. The van der Waals surface area contributed by atoms with E-state index in [2.05, 4.69) is 28.2 Å². The largest absolute Gasteiger partial charge is 0.465 e. The summed E-state index contributed by atoms with van der Waals surface area (Å²) in [6.07, 6.45) is 3.65. The molecule has 0 aliphatic heterocycles. The number of esters is 1. The maximum Gasteiger partial charge on any atom is 0.338 e. The van der Waals surface area contributed by atoms with E-state index in [1.807, 2.05) is 0 Å². The van der Waals surface area contributed by atoms with Gasteiger partial charge in [0.1, 0.15) is 5.82 Å². The molecule has 0 fully saturated rings. The van der Waals surface area contributed by atoms with Gasteiger partial charge in [0.05, 0.1) is 12.7 Å². The lowest BCUT2D eigenvalue weighted by atomic mass is 10.2. The zero-order chi connectivity index (χ0) is 12.0. The molecule has 1 aromatic rings. The Morgan fingerprint density at radius 2 is 2.44 bits per heavy atom. The Morgan fingerprint density at radius 1 is 1.69 bits per heavy atom. The maximum absolute atomic E-state index is 11.3. The predicted molar refractivity (Wildman–Crippen MR) is 67.0 cm³/mol. The minimum absolute atomic E-state index is 0.315. The molecular weight excluding hydrogens is 224 g/mol. The first-order valence-corrected chi connectivity index (χ1v) is 6.36. The number of rotatable bonds is 5. The van der Waals surface area contributed by atoms with Crippen LogP contribution in [0, 0.1) is 0 Å². The van der Waals surface area contributed by atoms with Gasteiger partial charge in [-0.3, -0.25) is 0 Å². The van der Waals surface area contributed by atoms with Crippen LogP contribution in [0.1, 0.15) is 17.3 Å². The second-order valence-electron chi connectivity index (χ2n) is 3.42. The molecule has 4 nitrogen and oxygen atoms in total. The highest BCUT2D eigenvalue weighted by Gasteiger charge is 2.07. The molecule has 1 rings (SSSR count). The van der Waals surface area contributed by atoms with Crippen molar-refractivity contribution in [3.63, 3.8) is 0 Å². The van der Waals surface area contributed by atoms with E-state index in [1.165, 1.54) is 7.11 Å². The molecule has 0 saturated heterocycles. The van der Waals surface area contributed by atoms with Crippen LogP contribution in [-0.4, -0.2) is 36.1 Å². The van der Waals surface area contributed by atoms with Crippen LogP contribution in [0.25, 0.3) is 0 Å². The van der Waals surface area contributed by atoms with E-state index in [9.17, 15) is 4.79 Å². The van der Waals surface area contributed by atoms with Crippen molar-refractivity contribution in [2.45, 2.75) is 13.0 Å². The van der Waals surface area contributed by atoms with Crippen LogP contribution in [0.3, 0.4) is 0 Å². The number of carbonyl (C=O) groups is 1. The molecule has 0 aliphatic carbocycles. The monoisotopic (exact) mass is 240 g/mol. The molecule has 1 unspecified atom stereocenters. The van der Waals surface area contributed by atoms with Crippen molar-refractivity contribution in [3.05, 3.63) is 23.9 Å². The number of nitrogens with zero attached hydrogens (tertiary/aromatic N) is 1. The molecule has 1 aromatic heterocycles. The van der Waals surface area contributed by atoms with Crippen LogP contribution in [0.5, 0.6) is 0 Å². The fraction of sp³-hybridized carbons (Fsp3) is 0.455. The smallest absolute Gasteiger partial charge is 0.338 e. The quantitative estimate of drug-likeness (QED) is 0.798. The van der Waals surface area contributed by atoms with Gasteiger partial charge < -0.3 is 10.1 Å². The first-order valence-electron chi connectivity index (χ1n) is 4.97. The Bertz CT molecular complexity index is 358. The number of ether oxygens (including phenoxy) is 1. The molecule has 0 aliphatic rings. The minimum atomic E-state index is -0.344. The van der Waals surface area contributed by atoms with E-state index >= 15 is 0 Å². The fourth-order valence-electron chi connectivity index (χ4n) is 1.30. The molecule has 16 heavy (non-hydrogen) atoms. The van der Waals surface area contributed by atoms with Crippen LogP contribution in [-0.2, 0) is 4.74 Å². The molecule has 0 spiro atoms. The second-order valence-corrected chi connectivity index (χ2v) is 4.33. The van der Waals surface area contributed by atoms with E-state index < -0.39 is 0 Å². The van der Waals surface area contributed by atoms with Gasteiger partial charge in [-0.1, -0.05) is 0 Å². The summed E-state index contributed by atoms with van der Waals surface area (Å²) in [5.41, 5.74) is 0.511. The summed E-state index contributed by atoms with van der Waals surface area (Å²) in [5, 5.41) is 3.22. The number of pyridine rings is 1. The van der Waals surface area contributed by atoms with Gasteiger partial charge in [0.2, 0.25) is 0 Å². The van der Waals surface area contributed by atoms with Crippen molar-refractivity contribution < 1.29 is 9.53 Å². The van der Waals surface area contributed by atoms with E-state index in [0.29, 0.717) is 17.4 Å². The van der Waals surface area contributed by atoms with Crippen LogP contribution >= 0.6 is 11.8 Å². The average Bonchev–Trinajstić information content (AvgIpc) is 2.28. The Labute approximate surface area is 99.8 Å². The normalized spacial score (nSPS) is 11.9. The lowest BCUT2D eigenvalue weighted by Gasteiger charge is -2.13. The summed E-state index contributed by atoms with van der Waals surface area (Å²) < 4.78 is 4.65. The predicted octanol–water partition coefficient (Wildman–Crippen LogP) is 2.03. The summed E-state index contributed by atoms with van der Waals surface area (Å²) in [6.45, 7) is 2.07. The molecule has 1 atom stereocenters. The van der Waals surface area contributed by atoms with Crippen molar-refractivity contribution in [1.29, 1.82) is 0 Å². The molecule has 0 saturated carbocycles. The van der Waals surface area contributed by atoms with Gasteiger partial charge >= 0.3 is 5.97 Å². The number of carbonyl (C=O) groups excluding carboxylic acids is 1. The minimum Gasteiger partial charge on any atom is -0.465 e. The van der Waals surface area contributed by atoms with Gasteiger partial charge in [0.25, 0.3) is 0 Å². The SMILES string of the molecule is COC(=O)c1ccnc(NC(C)CSC)c1. The molecule has 5 heteroatoms. The molecule has 1 N–H and O–H groups in total.